The van der Waals surface area contributed by atoms with Gasteiger partial charge in [-0.2, -0.15) is 0 Å². The summed E-state index contributed by atoms with van der Waals surface area (Å²) >= 11 is 9.39. The molecule has 1 unspecified atom stereocenters. The second kappa shape index (κ2) is 6.96. The highest BCUT2D eigenvalue weighted by molar-refractivity contribution is 9.10. The van der Waals surface area contributed by atoms with Gasteiger partial charge in [-0.3, -0.25) is 4.79 Å². The number of benzene rings is 2. The van der Waals surface area contributed by atoms with Crippen molar-refractivity contribution in [2.75, 3.05) is 5.32 Å². The normalized spacial score (nSPS) is 11.8. The summed E-state index contributed by atoms with van der Waals surface area (Å²) in [6, 6.07) is 12.8. The lowest BCUT2D eigenvalue weighted by Crippen LogP contribution is -2.30. The van der Waals surface area contributed by atoms with Gasteiger partial charge in [-0.1, -0.05) is 45.2 Å². The average molecular weight is 369 g/mol. The predicted octanol–water partition coefficient (Wildman–Crippen LogP) is 4.82. The zero-order chi connectivity index (χ0) is 15.4. The topological polar surface area (TPSA) is 38.3 Å². The second-order valence-corrected chi connectivity index (χ2v) is 6.01. The average Bonchev–Trinajstić information content (AvgIpc) is 2.44. The Morgan fingerprint density at radius 1 is 1.24 bits per heavy atom. The molecule has 21 heavy (non-hydrogen) atoms. The quantitative estimate of drug-likeness (QED) is 0.840. The molecule has 3 nitrogen and oxygen atoms in total. The fraction of sp³-hybridized carbons (Fsp3) is 0.188. The minimum Gasteiger partial charge on any atom is -0.479 e. The van der Waals surface area contributed by atoms with E-state index in [1.54, 1.807) is 19.1 Å². The SMILES string of the molecule is Cc1ccc(NC(=O)C(C)Oc2ccc(Br)cc2Cl)cc1. The molecule has 0 saturated carbocycles. The standard InChI is InChI=1S/C16H15BrClNO2/c1-10-3-6-13(7-4-10)19-16(20)11(2)21-15-8-5-12(17)9-14(15)18/h3-9,11H,1-2H3,(H,19,20). The van der Waals surface area contributed by atoms with E-state index < -0.39 is 6.10 Å². The Morgan fingerprint density at radius 3 is 2.52 bits per heavy atom. The van der Waals surface area contributed by atoms with Gasteiger partial charge >= 0.3 is 0 Å². The van der Waals surface area contributed by atoms with Crippen LogP contribution in [0.2, 0.25) is 5.02 Å². The first-order valence-electron chi connectivity index (χ1n) is 6.45. The van der Waals surface area contributed by atoms with Crippen LogP contribution in [-0.4, -0.2) is 12.0 Å². The molecular formula is C16H15BrClNO2. The molecular weight excluding hydrogens is 354 g/mol. The highest BCUT2D eigenvalue weighted by atomic mass is 79.9. The molecule has 0 aliphatic carbocycles. The zero-order valence-corrected chi connectivity index (χ0v) is 14.0. The van der Waals surface area contributed by atoms with Crippen LogP contribution in [0.5, 0.6) is 5.75 Å². The smallest absolute Gasteiger partial charge is 0.265 e. The molecule has 2 rings (SSSR count). The van der Waals surface area contributed by atoms with E-state index in [9.17, 15) is 4.79 Å². The Balaban J connectivity index is 2.00. The molecule has 0 spiro atoms. The molecule has 2 aromatic carbocycles. The van der Waals surface area contributed by atoms with E-state index in [0.717, 1.165) is 15.7 Å². The molecule has 1 N–H and O–H groups in total. The summed E-state index contributed by atoms with van der Waals surface area (Å²) in [5.41, 5.74) is 1.88. The van der Waals surface area contributed by atoms with Crippen molar-refractivity contribution in [1.82, 2.24) is 0 Å². The van der Waals surface area contributed by atoms with Gasteiger partial charge in [0.25, 0.3) is 5.91 Å². The van der Waals surface area contributed by atoms with Crippen LogP contribution in [0.15, 0.2) is 46.9 Å². The van der Waals surface area contributed by atoms with Gasteiger partial charge in [0, 0.05) is 10.2 Å². The van der Waals surface area contributed by atoms with Gasteiger partial charge in [0.15, 0.2) is 6.10 Å². The third-order valence-electron chi connectivity index (χ3n) is 2.89. The molecule has 1 amide bonds. The summed E-state index contributed by atoms with van der Waals surface area (Å²) in [5, 5.41) is 3.26. The monoisotopic (exact) mass is 367 g/mol. The fourth-order valence-corrected chi connectivity index (χ4v) is 2.41. The second-order valence-electron chi connectivity index (χ2n) is 4.69. The number of carbonyl (C=O) groups excluding carboxylic acids is 1. The zero-order valence-electron chi connectivity index (χ0n) is 11.7. The van der Waals surface area contributed by atoms with E-state index >= 15 is 0 Å². The fourth-order valence-electron chi connectivity index (χ4n) is 1.70. The molecule has 0 bridgehead atoms. The summed E-state index contributed by atoms with van der Waals surface area (Å²) in [4.78, 5) is 12.1. The van der Waals surface area contributed by atoms with Crippen LogP contribution < -0.4 is 10.1 Å². The largest absolute Gasteiger partial charge is 0.479 e. The summed E-state index contributed by atoms with van der Waals surface area (Å²) in [6.45, 7) is 3.68. The van der Waals surface area contributed by atoms with Crippen LogP contribution in [-0.2, 0) is 4.79 Å². The molecule has 0 aromatic heterocycles. The van der Waals surface area contributed by atoms with E-state index in [-0.39, 0.29) is 5.91 Å². The van der Waals surface area contributed by atoms with Crippen molar-refractivity contribution < 1.29 is 9.53 Å². The Morgan fingerprint density at radius 2 is 1.90 bits per heavy atom. The van der Waals surface area contributed by atoms with Crippen molar-refractivity contribution >= 4 is 39.1 Å². The minimum absolute atomic E-state index is 0.224. The Hall–Kier alpha value is -1.52. The number of nitrogens with one attached hydrogen (secondary N) is 1. The van der Waals surface area contributed by atoms with Gasteiger partial charge in [0.2, 0.25) is 0 Å². The Bertz CT molecular complexity index is 643. The number of ether oxygens (including phenoxy) is 1. The van der Waals surface area contributed by atoms with E-state index in [1.807, 2.05) is 37.3 Å². The third kappa shape index (κ3) is 4.48. The molecule has 0 saturated heterocycles. The molecule has 0 aliphatic rings. The molecule has 2 aromatic rings. The lowest BCUT2D eigenvalue weighted by atomic mass is 10.2. The lowest BCUT2D eigenvalue weighted by molar-refractivity contribution is -0.122. The number of carbonyl (C=O) groups is 1. The van der Waals surface area contributed by atoms with E-state index in [4.69, 9.17) is 16.3 Å². The van der Waals surface area contributed by atoms with Crippen molar-refractivity contribution in [1.29, 1.82) is 0 Å². The van der Waals surface area contributed by atoms with Crippen LogP contribution >= 0.6 is 27.5 Å². The first-order valence-corrected chi connectivity index (χ1v) is 7.62. The summed E-state index contributed by atoms with van der Waals surface area (Å²) < 4.78 is 6.45. The van der Waals surface area contributed by atoms with Crippen LogP contribution in [0.4, 0.5) is 5.69 Å². The maximum atomic E-state index is 12.1. The number of hydrogen-bond acceptors (Lipinski definition) is 2. The van der Waals surface area contributed by atoms with Gasteiger partial charge in [0.1, 0.15) is 5.75 Å². The molecule has 0 radical (unpaired) electrons. The van der Waals surface area contributed by atoms with Crippen LogP contribution in [0, 0.1) is 6.92 Å². The van der Waals surface area contributed by atoms with Gasteiger partial charge in [-0.05, 0) is 44.2 Å². The van der Waals surface area contributed by atoms with Gasteiger partial charge in [0.05, 0.1) is 5.02 Å². The van der Waals surface area contributed by atoms with Crippen LogP contribution in [0.1, 0.15) is 12.5 Å². The van der Waals surface area contributed by atoms with Crippen molar-refractivity contribution in [3.8, 4) is 5.75 Å². The summed E-state index contributed by atoms with van der Waals surface area (Å²) in [6.07, 6.45) is -0.648. The minimum atomic E-state index is -0.648. The Kier molecular flexibility index (Phi) is 5.26. The molecule has 0 heterocycles. The van der Waals surface area contributed by atoms with Crippen LogP contribution in [0.3, 0.4) is 0 Å². The lowest BCUT2D eigenvalue weighted by Gasteiger charge is -2.16. The highest BCUT2D eigenvalue weighted by Crippen LogP contribution is 2.28. The Labute approximate surface area is 137 Å². The summed E-state index contributed by atoms with van der Waals surface area (Å²) in [7, 11) is 0. The van der Waals surface area contributed by atoms with Crippen LogP contribution in [0.25, 0.3) is 0 Å². The van der Waals surface area contributed by atoms with Gasteiger partial charge < -0.3 is 10.1 Å². The van der Waals surface area contributed by atoms with Crippen molar-refractivity contribution in [2.45, 2.75) is 20.0 Å². The molecule has 110 valence electrons. The first kappa shape index (κ1) is 15.9. The van der Waals surface area contributed by atoms with Crippen molar-refractivity contribution in [2.24, 2.45) is 0 Å². The maximum Gasteiger partial charge on any atom is 0.265 e. The summed E-state index contributed by atoms with van der Waals surface area (Å²) in [5.74, 6) is 0.254. The number of rotatable bonds is 4. The molecule has 5 heteroatoms. The number of hydrogen-bond donors (Lipinski definition) is 1. The highest BCUT2D eigenvalue weighted by Gasteiger charge is 2.16. The third-order valence-corrected chi connectivity index (χ3v) is 3.67. The molecule has 0 aliphatic heterocycles. The number of anilines is 1. The molecule has 0 fully saturated rings. The van der Waals surface area contributed by atoms with E-state index in [2.05, 4.69) is 21.2 Å². The number of amides is 1. The number of halogens is 2. The maximum absolute atomic E-state index is 12.1. The van der Waals surface area contributed by atoms with Crippen molar-refractivity contribution in [3.05, 3.63) is 57.5 Å². The predicted molar refractivity (Wildman–Crippen MR) is 89.1 cm³/mol. The van der Waals surface area contributed by atoms with E-state index in [1.165, 1.54) is 0 Å². The number of aryl methyl sites for hydroxylation is 1. The van der Waals surface area contributed by atoms with Crippen molar-refractivity contribution in [3.63, 3.8) is 0 Å². The molecule has 1 atom stereocenters. The first-order chi connectivity index (χ1) is 9.95. The van der Waals surface area contributed by atoms with Gasteiger partial charge in [-0.25, -0.2) is 0 Å². The van der Waals surface area contributed by atoms with Gasteiger partial charge in [-0.15, -0.1) is 0 Å². The van der Waals surface area contributed by atoms with E-state index in [0.29, 0.717) is 10.8 Å².